The van der Waals surface area contributed by atoms with E-state index in [1.165, 1.54) is 4.88 Å². The van der Waals surface area contributed by atoms with Crippen molar-refractivity contribution in [3.8, 4) is 6.07 Å². The lowest BCUT2D eigenvalue weighted by Crippen LogP contribution is -2.21. The highest BCUT2D eigenvalue weighted by Crippen LogP contribution is 2.37. The molecule has 6 heteroatoms. The normalized spacial score (nSPS) is 20.4. The van der Waals surface area contributed by atoms with E-state index in [4.69, 9.17) is 9.47 Å². The number of rotatable bonds is 10. The molecule has 0 N–H and O–H groups in total. The Hall–Kier alpha value is -2.49. The summed E-state index contributed by atoms with van der Waals surface area (Å²) in [5, 5.41) is 9.79. The van der Waals surface area contributed by atoms with Gasteiger partial charge in [-0.3, -0.25) is 9.59 Å². The van der Waals surface area contributed by atoms with E-state index in [1.54, 1.807) is 11.3 Å². The number of hydrogen-bond donors (Lipinski definition) is 0. The Morgan fingerprint density at radius 1 is 1.26 bits per heavy atom. The predicted octanol–water partition coefficient (Wildman–Crippen LogP) is 5.53. The van der Waals surface area contributed by atoms with Crippen molar-refractivity contribution < 1.29 is 19.1 Å². The van der Waals surface area contributed by atoms with Gasteiger partial charge in [-0.15, -0.1) is 11.3 Å². The van der Waals surface area contributed by atoms with Crippen LogP contribution in [-0.2, 0) is 38.3 Å². The zero-order valence-electron chi connectivity index (χ0n) is 19.9. The van der Waals surface area contributed by atoms with Crippen LogP contribution in [0.2, 0.25) is 0 Å². The summed E-state index contributed by atoms with van der Waals surface area (Å²) < 4.78 is 11.1. The standard InChI is InChI=1S/C28H33NO4S/c1-19(21-6-3-2-4-7-21)14-22(30)16-27-25(17-29)24-11-9-20(15-26(24)34-27)18-33-28(31)12-10-23-8-5-13-32-23/h2-4,6-7,19-20,23H,5,8-16,18H2,1H3. The number of thiophene rings is 1. The number of nitrogens with zero attached hydrogens (tertiary/aromatic N) is 1. The molecule has 1 aliphatic heterocycles. The topological polar surface area (TPSA) is 76.4 Å². The van der Waals surface area contributed by atoms with Gasteiger partial charge >= 0.3 is 5.97 Å². The minimum absolute atomic E-state index is 0.149. The monoisotopic (exact) mass is 479 g/mol. The summed E-state index contributed by atoms with van der Waals surface area (Å²) >= 11 is 1.60. The summed E-state index contributed by atoms with van der Waals surface area (Å²) in [5.41, 5.74) is 2.97. The average Bonchev–Trinajstić information content (AvgIpc) is 3.48. The predicted molar refractivity (Wildman–Crippen MR) is 132 cm³/mol. The summed E-state index contributed by atoms with van der Waals surface area (Å²) in [5.74, 6) is 0.450. The van der Waals surface area contributed by atoms with E-state index in [2.05, 4.69) is 25.1 Å². The first-order valence-corrected chi connectivity index (χ1v) is 13.2. The number of Topliss-reactive ketones (excluding diaryl/α,β-unsaturated/α-hetero) is 1. The van der Waals surface area contributed by atoms with Crippen LogP contribution in [0.5, 0.6) is 0 Å². The highest BCUT2D eigenvalue weighted by atomic mass is 32.1. The van der Waals surface area contributed by atoms with Gasteiger partial charge in [-0.25, -0.2) is 0 Å². The van der Waals surface area contributed by atoms with E-state index in [-0.39, 0.29) is 29.7 Å². The van der Waals surface area contributed by atoms with Crippen LogP contribution in [-0.4, -0.2) is 31.1 Å². The van der Waals surface area contributed by atoms with Crippen LogP contribution in [0, 0.1) is 17.2 Å². The Labute approximate surface area is 206 Å². The first-order chi connectivity index (χ1) is 16.5. The Morgan fingerprint density at radius 3 is 2.82 bits per heavy atom. The molecule has 3 atom stereocenters. The Balaban J connectivity index is 1.29. The van der Waals surface area contributed by atoms with Gasteiger partial charge in [0.1, 0.15) is 11.9 Å². The van der Waals surface area contributed by atoms with Crippen molar-refractivity contribution in [2.45, 2.75) is 76.7 Å². The van der Waals surface area contributed by atoms with Crippen LogP contribution in [0.3, 0.4) is 0 Å². The van der Waals surface area contributed by atoms with Gasteiger partial charge in [0.15, 0.2) is 0 Å². The molecule has 5 nitrogen and oxygen atoms in total. The van der Waals surface area contributed by atoms with Gasteiger partial charge in [0.2, 0.25) is 0 Å². The van der Waals surface area contributed by atoms with Gasteiger partial charge in [-0.05, 0) is 61.5 Å². The SMILES string of the molecule is CC(CC(=O)Cc1sc2c(c1C#N)CCC(COC(=O)CCC1CCCO1)C2)c1ccccc1. The number of ketones is 1. The van der Waals surface area contributed by atoms with Crippen molar-refractivity contribution in [2.24, 2.45) is 5.92 Å². The van der Waals surface area contributed by atoms with Crippen LogP contribution in [0.1, 0.15) is 77.8 Å². The Kier molecular flexibility index (Phi) is 8.53. The molecular weight excluding hydrogens is 446 g/mol. The second-order valence-electron chi connectivity index (χ2n) is 9.61. The number of carbonyl (C=O) groups is 2. The third kappa shape index (κ3) is 6.34. The van der Waals surface area contributed by atoms with Crippen molar-refractivity contribution >= 4 is 23.1 Å². The second-order valence-corrected chi connectivity index (χ2v) is 10.8. The quantitative estimate of drug-likeness (QED) is 0.419. The fraction of sp³-hybridized carbons (Fsp3) is 0.536. The summed E-state index contributed by atoms with van der Waals surface area (Å²) in [7, 11) is 0. The molecule has 1 aromatic heterocycles. The number of benzene rings is 1. The zero-order valence-corrected chi connectivity index (χ0v) is 20.7. The first-order valence-electron chi connectivity index (χ1n) is 12.4. The zero-order chi connectivity index (χ0) is 23.9. The van der Waals surface area contributed by atoms with Gasteiger partial charge < -0.3 is 9.47 Å². The van der Waals surface area contributed by atoms with Crippen molar-refractivity contribution in [3.05, 3.63) is 56.8 Å². The Bertz CT molecular complexity index is 1030. The second kappa shape index (κ2) is 11.8. The number of hydrogen-bond acceptors (Lipinski definition) is 6. The van der Waals surface area contributed by atoms with Crippen LogP contribution in [0.15, 0.2) is 30.3 Å². The minimum Gasteiger partial charge on any atom is -0.465 e. The van der Waals surface area contributed by atoms with E-state index < -0.39 is 0 Å². The van der Waals surface area contributed by atoms with Crippen LogP contribution >= 0.6 is 11.3 Å². The molecule has 0 spiro atoms. The van der Waals surface area contributed by atoms with Gasteiger partial charge in [0.05, 0.1) is 18.3 Å². The lowest BCUT2D eigenvalue weighted by Gasteiger charge is -2.22. The van der Waals surface area contributed by atoms with Crippen molar-refractivity contribution in [1.82, 2.24) is 0 Å². The number of fused-ring (bicyclic) bond motifs is 1. The van der Waals surface area contributed by atoms with E-state index in [9.17, 15) is 14.9 Å². The summed E-state index contributed by atoms with van der Waals surface area (Å²) in [6.45, 7) is 3.30. The third-order valence-corrected chi connectivity index (χ3v) is 8.24. The largest absolute Gasteiger partial charge is 0.465 e. The molecule has 1 aliphatic carbocycles. The van der Waals surface area contributed by atoms with Gasteiger partial charge in [0.25, 0.3) is 0 Å². The molecule has 4 rings (SSSR count). The smallest absolute Gasteiger partial charge is 0.305 e. The van der Waals surface area contributed by atoms with Crippen LogP contribution in [0.4, 0.5) is 0 Å². The highest BCUT2D eigenvalue weighted by Gasteiger charge is 2.28. The lowest BCUT2D eigenvalue weighted by atomic mass is 9.87. The molecule has 2 aliphatic rings. The van der Waals surface area contributed by atoms with Crippen molar-refractivity contribution in [3.63, 3.8) is 0 Å². The number of carbonyl (C=O) groups excluding carboxylic acids is 2. The third-order valence-electron chi connectivity index (χ3n) is 6.99. The fourth-order valence-electron chi connectivity index (χ4n) is 5.03. The maximum Gasteiger partial charge on any atom is 0.305 e. The molecular formula is C28H33NO4S. The summed E-state index contributed by atoms with van der Waals surface area (Å²) in [6.07, 6.45) is 6.78. The van der Waals surface area contributed by atoms with Crippen LogP contribution < -0.4 is 0 Å². The van der Waals surface area contributed by atoms with E-state index >= 15 is 0 Å². The fourth-order valence-corrected chi connectivity index (χ4v) is 6.48. The average molecular weight is 480 g/mol. The molecule has 34 heavy (non-hydrogen) atoms. The molecule has 1 aromatic carbocycles. The Morgan fingerprint density at radius 2 is 2.09 bits per heavy atom. The van der Waals surface area contributed by atoms with Gasteiger partial charge in [0, 0.05) is 35.6 Å². The first kappa shape index (κ1) is 24.6. The molecule has 2 aromatic rings. The molecule has 1 saturated heterocycles. The maximum atomic E-state index is 12.8. The summed E-state index contributed by atoms with van der Waals surface area (Å²) in [6, 6.07) is 12.4. The molecule has 0 amide bonds. The lowest BCUT2D eigenvalue weighted by molar-refractivity contribution is -0.145. The number of nitriles is 1. The molecule has 0 radical (unpaired) electrons. The molecule has 2 heterocycles. The molecule has 0 saturated carbocycles. The van der Waals surface area contributed by atoms with E-state index in [0.29, 0.717) is 31.4 Å². The molecule has 3 unspecified atom stereocenters. The van der Waals surface area contributed by atoms with Crippen molar-refractivity contribution in [1.29, 1.82) is 5.26 Å². The molecule has 0 bridgehead atoms. The van der Waals surface area contributed by atoms with E-state index in [1.807, 2.05) is 18.2 Å². The highest BCUT2D eigenvalue weighted by molar-refractivity contribution is 7.12. The minimum atomic E-state index is -0.149. The number of esters is 1. The molecule has 1 fully saturated rings. The summed E-state index contributed by atoms with van der Waals surface area (Å²) in [4.78, 5) is 27.0. The van der Waals surface area contributed by atoms with Gasteiger partial charge in [-0.2, -0.15) is 5.26 Å². The molecule has 180 valence electrons. The maximum absolute atomic E-state index is 12.8. The van der Waals surface area contributed by atoms with E-state index in [0.717, 1.165) is 61.1 Å². The van der Waals surface area contributed by atoms with Gasteiger partial charge in [-0.1, -0.05) is 37.3 Å². The number of ether oxygens (including phenoxy) is 2. The van der Waals surface area contributed by atoms with Crippen LogP contribution in [0.25, 0.3) is 0 Å². The van der Waals surface area contributed by atoms with Crippen molar-refractivity contribution in [2.75, 3.05) is 13.2 Å².